The molecule has 0 fully saturated rings. The molecule has 1 amide bonds. The number of hydrogen-bond donors (Lipinski definition) is 1. The van der Waals surface area contributed by atoms with Gasteiger partial charge in [-0.3, -0.25) is 9.52 Å². The predicted molar refractivity (Wildman–Crippen MR) is 164 cm³/mol. The minimum atomic E-state index is -3.10. The van der Waals surface area contributed by atoms with E-state index in [4.69, 9.17) is 9.72 Å². The third-order valence-corrected chi connectivity index (χ3v) is 9.34. The van der Waals surface area contributed by atoms with E-state index in [0.717, 1.165) is 27.8 Å². The smallest absolute Gasteiger partial charge is 0.254 e. The molecule has 1 aromatic heterocycles. The zero-order valence-corrected chi connectivity index (χ0v) is 24.8. The lowest BCUT2D eigenvalue weighted by molar-refractivity contribution is 0.0589. The molecule has 2 unspecified atom stereocenters. The maximum absolute atomic E-state index is 13.9. The van der Waals surface area contributed by atoms with Crippen molar-refractivity contribution in [1.29, 1.82) is 0 Å². The fourth-order valence-corrected chi connectivity index (χ4v) is 6.71. The van der Waals surface area contributed by atoms with Crippen LogP contribution in [0.1, 0.15) is 65.1 Å². The van der Waals surface area contributed by atoms with Crippen molar-refractivity contribution in [3.8, 4) is 17.1 Å². The van der Waals surface area contributed by atoms with E-state index in [1.54, 1.807) is 29.2 Å². The van der Waals surface area contributed by atoms with Crippen LogP contribution in [0, 0.1) is 13.8 Å². The van der Waals surface area contributed by atoms with Gasteiger partial charge in [-0.05, 0) is 71.1 Å². The molecule has 1 N–H and O–H groups in total. The summed E-state index contributed by atoms with van der Waals surface area (Å²) in [5, 5.41) is 0. The summed E-state index contributed by atoms with van der Waals surface area (Å²) in [4.78, 5) is 25.4. The highest BCUT2D eigenvalue weighted by Crippen LogP contribution is 2.36. The van der Waals surface area contributed by atoms with Crippen molar-refractivity contribution in [3.05, 3.63) is 100 Å². The fourth-order valence-electron chi connectivity index (χ4n) is 5.59. The minimum absolute atomic E-state index is 0.0490. The number of amides is 1. The molecule has 0 aliphatic carbocycles. The van der Waals surface area contributed by atoms with Crippen LogP contribution in [0.15, 0.2) is 71.6 Å². The molecule has 41 heavy (non-hydrogen) atoms. The number of aromatic nitrogens is 2. The van der Waals surface area contributed by atoms with E-state index in [2.05, 4.69) is 54.5 Å². The van der Waals surface area contributed by atoms with E-state index in [0.29, 0.717) is 35.1 Å². The van der Waals surface area contributed by atoms with Crippen LogP contribution in [0.4, 0.5) is 5.95 Å². The van der Waals surface area contributed by atoms with Crippen molar-refractivity contribution in [3.63, 3.8) is 0 Å². The number of hydrogen-bond acceptors (Lipinski definition) is 5. The van der Waals surface area contributed by atoms with Crippen LogP contribution in [0.2, 0.25) is 0 Å². The number of anilines is 1. The van der Waals surface area contributed by atoms with Crippen molar-refractivity contribution in [1.82, 2.24) is 14.9 Å². The molecule has 4 aromatic rings. The number of carbonyl (C=O) groups excluding carboxylic acids is 1. The van der Waals surface area contributed by atoms with Gasteiger partial charge >= 0.3 is 0 Å². The number of fused-ring (bicyclic) bond motifs is 8. The Labute approximate surface area is 241 Å². The lowest BCUT2D eigenvalue weighted by Gasteiger charge is -2.35. The van der Waals surface area contributed by atoms with Crippen LogP contribution < -0.4 is 9.46 Å². The summed E-state index contributed by atoms with van der Waals surface area (Å²) in [5.41, 5.74) is 7.35. The Kier molecular flexibility index (Phi) is 6.41. The molecule has 3 heterocycles. The molecule has 8 heteroatoms. The first-order valence-electron chi connectivity index (χ1n) is 13.7. The van der Waals surface area contributed by atoms with Crippen LogP contribution in [-0.2, 0) is 21.7 Å². The summed E-state index contributed by atoms with van der Waals surface area (Å²) < 4.78 is 23.5. The molecule has 2 atom stereocenters. The first-order valence-corrected chi connectivity index (χ1v) is 15.4. The first kappa shape index (κ1) is 27.0. The van der Waals surface area contributed by atoms with Crippen molar-refractivity contribution in [2.75, 3.05) is 11.3 Å². The van der Waals surface area contributed by atoms with Crippen LogP contribution in [0.5, 0.6) is 5.88 Å². The van der Waals surface area contributed by atoms with E-state index in [1.807, 2.05) is 38.1 Å². The topological polar surface area (TPSA) is 84.4 Å². The monoisotopic (exact) mass is 566 g/mol. The molecule has 3 aromatic carbocycles. The fraction of sp³-hybridized carbons (Fsp3) is 0.273. The molecule has 2 aliphatic rings. The van der Waals surface area contributed by atoms with Gasteiger partial charge in [-0.1, -0.05) is 63.2 Å². The number of aryl methyl sites for hydroxylation is 2. The maximum atomic E-state index is 13.9. The zero-order valence-electron chi connectivity index (χ0n) is 24.0. The number of nitrogens with one attached hydrogen (secondary N) is 1. The first-order chi connectivity index (χ1) is 19.4. The van der Waals surface area contributed by atoms with Gasteiger partial charge in [-0.2, -0.15) is 4.98 Å². The van der Waals surface area contributed by atoms with Gasteiger partial charge in [0.15, 0.2) is 0 Å². The zero-order chi connectivity index (χ0) is 29.1. The Hall–Kier alpha value is -4.17. The normalized spacial score (nSPS) is 20.1. The number of rotatable bonds is 1. The number of nitrogens with zero attached hydrogens (tertiary/aromatic N) is 3. The van der Waals surface area contributed by atoms with Crippen molar-refractivity contribution in [2.45, 2.75) is 57.6 Å². The molecule has 210 valence electrons. The van der Waals surface area contributed by atoms with Crippen molar-refractivity contribution < 1.29 is 13.7 Å². The standard InChI is InChI=1S/C33H34N4O3S/c1-20-9-7-10-21(2)30(20)27-17-29-35-32(34-27)36-41(6,39)25-12-8-11-22(16-25)31(38)37-18-23-15-24(33(3,4)5)13-14-26(23)28(19-37)40-29/h7-17,28H,6,18-19H2,1-5H3,(H,34,35,36,39). The second-order valence-corrected chi connectivity index (χ2v) is 14.0. The van der Waals surface area contributed by atoms with Gasteiger partial charge in [-0.25, -0.2) is 9.19 Å². The molecule has 7 nitrogen and oxygen atoms in total. The van der Waals surface area contributed by atoms with Crippen LogP contribution in [0.25, 0.3) is 11.3 Å². The lowest BCUT2D eigenvalue weighted by atomic mass is 9.83. The molecule has 0 saturated heterocycles. The van der Waals surface area contributed by atoms with Gasteiger partial charge in [-0.15, -0.1) is 0 Å². The van der Waals surface area contributed by atoms with Gasteiger partial charge in [0.1, 0.15) is 6.10 Å². The second kappa shape index (κ2) is 9.73. The Balaban J connectivity index is 1.57. The third-order valence-electron chi connectivity index (χ3n) is 7.81. The van der Waals surface area contributed by atoms with Gasteiger partial charge in [0.2, 0.25) is 11.8 Å². The number of benzene rings is 3. The molecule has 2 aliphatic heterocycles. The van der Waals surface area contributed by atoms with Gasteiger partial charge in [0.25, 0.3) is 5.91 Å². The molecular weight excluding hydrogens is 532 g/mol. The molecule has 6 rings (SSSR count). The van der Waals surface area contributed by atoms with Crippen molar-refractivity contribution >= 4 is 27.4 Å². The summed E-state index contributed by atoms with van der Waals surface area (Å²) in [5.74, 6) is 4.29. The number of carbonyl (C=O) groups is 1. The minimum Gasteiger partial charge on any atom is -0.467 e. The summed E-state index contributed by atoms with van der Waals surface area (Å²) in [6.07, 6.45) is -0.460. The van der Waals surface area contributed by atoms with E-state index >= 15 is 0 Å². The van der Waals surface area contributed by atoms with E-state index in [9.17, 15) is 9.00 Å². The van der Waals surface area contributed by atoms with E-state index < -0.39 is 15.8 Å². The molecule has 0 radical (unpaired) electrons. The third kappa shape index (κ3) is 5.08. The summed E-state index contributed by atoms with van der Waals surface area (Å²) in [7, 11) is -3.10. The number of ether oxygens (including phenoxy) is 1. The molecule has 0 spiro atoms. The Morgan fingerprint density at radius 2 is 1.73 bits per heavy atom. The SMILES string of the molecule is C=S1(=O)Nc2nc(cc(-c3c(C)cccc3C)n2)OC2CN(Cc3cc(C(C)(C)C)ccc32)C(=O)c2cccc1c2. The van der Waals surface area contributed by atoms with Crippen LogP contribution in [0.3, 0.4) is 0 Å². The van der Waals surface area contributed by atoms with E-state index in [1.165, 1.54) is 5.56 Å². The Morgan fingerprint density at radius 1 is 1.00 bits per heavy atom. The summed E-state index contributed by atoms with van der Waals surface area (Å²) in [6, 6.07) is 21.1. The molecular formula is C33H34N4O3S. The second-order valence-electron chi connectivity index (χ2n) is 11.9. The van der Waals surface area contributed by atoms with Crippen molar-refractivity contribution in [2.24, 2.45) is 0 Å². The Morgan fingerprint density at radius 3 is 2.46 bits per heavy atom. The quantitative estimate of drug-likeness (QED) is 0.275. The lowest BCUT2D eigenvalue weighted by Crippen LogP contribution is -2.40. The van der Waals surface area contributed by atoms with E-state index in [-0.39, 0.29) is 17.3 Å². The molecule has 0 saturated carbocycles. The average molecular weight is 567 g/mol. The highest BCUT2D eigenvalue weighted by molar-refractivity contribution is 8.01. The highest BCUT2D eigenvalue weighted by atomic mass is 32.2. The largest absolute Gasteiger partial charge is 0.467 e. The predicted octanol–water partition coefficient (Wildman–Crippen LogP) is 6.25. The maximum Gasteiger partial charge on any atom is 0.254 e. The Bertz CT molecular complexity index is 1790. The van der Waals surface area contributed by atoms with Crippen LogP contribution in [-0.4, -0.2) is 37.4 Å². The van der Waals surface area contributed by atoms with Gasteiger partial charge in [0.05, 0.1) is 26.8 Å². The van der Waals surface area contributed by atoms with Gasteiger partial charge in [0, 0.05) is 23.7 Å². The molecule has 6 bridgehead atoms. The summed E-state index contributed by atoms with van der Waals surface area (Å²) in [6.45, 7) is 11.4. The average Bonchev–Trinajstić information content (AvgIpc) is 2.91. The highest BCUT2D eigenvalue weighted by Gasteiger charge is 2.32. The summed E-state index contributed by atoms with van der Waals surface area (Å²) >= 11 is 0. The van der Waals surface area contributed by atoms with Crippen LogP contribution >= 0.6 is 0 Å². The van der Waals surface area contributed by atoms with Gasteiger partial charge < -0.3 is 9.64 Å².